The number of hydrogen-bond acceptors (Lipinski definition) is 5. The van der Waals surface area contributed by atoms with Gasteiger partial charge in [-0.15, -0.1) is 11.3 Å². The molecule has 0 bridgehead atoms. The third-order valence-electron chi connectivity index (χ3n) is 2.28. The Labute approximate surface area is 105 Å². The van der Waals surface area contributed by atoms with Gasteiger partial charge in [-0.3, -0.25) is 4.79 Å². The number of hydrogen-bond donors (Lipinski definition) is 2. The van der Waals surface area contributed by atoms with Gasteiger partial charge in [0.15, 0.2) is 0 Å². The lowest BCUT2D eigenvalue weighted by atomic mass is 10.2. The predicted molar refractivity (Wildman–Crippen MR) is 68.3 cm³/mol. The molecule has 5 nitrogen and oxygen atoms in total. The summed E-state index contributed by atoms with van der Waals surface area (Å²) in [5.41, 5.74) is 5.91. The molecule has 1 unspecified atom stereocenters. The van der Waals surface area contributed by atoms with Crippen LogP contribution in [0.15, 0.2) is 5.38 Å². The zero-order chi connectivity index (χ0) is 12.7. The van der Waals surface area contributed by atoms with Gasteiger partial charge < -0.3 is 15.8 Å². The molecule has 0 saturated heterocycles. The first-order valence-electron chi connectivity index (χ1n) is 5.61. The maximum Gasteiger partial charge on any atom is 0.270 e. The van der Waals surface area contributed by atoms with Crippen LogP contribution in [0.3, 0.4) is 0 Å². The molecular formula is C11H19N3O2S. The fraction of sp³-hybridized carbons (Fsp3) is 0.636. The van der Waals surface area contributed by atoms with E-state index in [0.29, 0.717) is 18.8 Å². The van der Waals surface area contributed by atoms with Gasteiger partial charge in [0.25, 0.3) is 5.91 Å². The van der Waals surface area contributed by atoms with E-state index < -0.39 is 0 Å². The number of nitrogens with zero attached hydrogens (tertiary/aromatic N) is 1. The van der Waals surface area contributed by atoms with Crippen molar-refractivity contribution in [1.82, 2.24) is 10.3 Å². The van der Waals surface area contributed by atoms with Crippen molar-refractivity contribution in [3.8, 4) is 0 Å². The third kappa shape index (κ3) is 4.80. The summed E-state index contributed by atoms with van der Waals surface area (Å²) in [6.45, 7) is 3.14. The van der Waals surface area contributed by atoms with Gasteiger partial charge in [0.1, 0.15) is 5.69 Å². The van der Waals surface area contributed by atoms with E-state index in [0.717, 1.165) is 17.8 Å². The fourth-order valence-electron chi connectivity index (χ4n) is 1.32. The van der Waals surface area contributed by atoms with Crippen LogP contribution < -0.4 is 11.1 Å². The highest BCUT2D eigenvalue weighted by Crippen LogP contribution is 2.10. The number of rotatable bonds is 7. The topological polar surface area (TPSA) is 77.2 Å². The van der Waals surface area contributed by atoms with Gasteiger partial charge in [-0.25, -0.2) is 4.98 Å². The second-order valence-electron chi connectivity index (χ2n) is 3.82. The van der Waals surface area contributed by atoms with Crippen LogP contribution in [0.2, 0.25) is 0 Å². The molecule has 1 amide bonds. The molecule has 0 spiro atoms. The second kappa shape index (κ2) is 7.37. The summed E-state index contributed by atoms with van der Waals surface area (Å²) in [5.74, 6) is -0.131. The van der Waals surface area contributed by atoms with Crippen LogP contribution in [0.25, 0.3) is 0 Å². The quantitative estimate of drug-likeness (QED) is 0.757. The molecule has 6 heteroatoms. The molecule has 3 N–H and O–H groups in total. The Morgan fingerprint density at radius 2 is 2.47 bits per heavy atom. The highest BCUT2D eigenvalue weighted by Gasteiger charge is 2.12. The molecule has 1 aromatic heterocycles. The minimum atomic E-state index is -0.131. The van der Waals surface area contributed by atoms with Crippen LogP contribution in [0.4, 0.5) is 0 Å². The Kier molecular flexibility index (Phi) is 6.10. The second-order valence-corrected chi connectivity index (χ2v) is 4.76. The zero-order valence-corrected chi connectivity index (χ0v) is 11.0. The molecule has 0 aliphatic heterocycles. The smallest absolute Gasteiger partial charge is 0.270 e. The SMILES string of the molecule is COCCC(C)NC(=O)c1csc(CCN)n1. The molecular weight excluding hydrogens is 238 g/mol. The molecule has 1 heterocycles. The third-order valence-corrected chi connectivity index (χ3v) is 3.18. The molecule has 1 aromatic rings. The average molecular weight is 257 g/mol. The largest absolute Gasteiger partial charge is 0.385 e. The van der Waals surface area contributed by atoms with E-state index in [1.807, 2.05) is 6.92 Å². The summed E-state index contributed by atoms with van der Waals surface area (Å²) in [7, 11) is 1.65. The van der Waals surface area contributed by atoms with Gasteiger partial charge in [-0.05, 0) is 19.9 Å². The summed E-state index contributed by atoms with van der Waals surface area (Å²) < 4.78 is 4.96. The summed E-state index contributed by atoms with van der Waals surface area (Å²) in [6, 6.07) is 0.0853. The molecule has 1 rings (SSSR count). The van der Waals surface area contributed by atoms with Crippen molar-refractivity contribution >= 4 is 17.2 Å². The number of carbonyl (C=O) groups is 1. The maximum absolute atomic E-state index is 11.8. The van der Waals surface area contributed by atoms with Crippen LogP contribution in [0.1, 0.15) is 28.8 Å². The Hall–Kier alpha value is -0.980. The van der Waals surface area contributed by atoms with E-state index in [1.54, 1.807) is 12.5 Å². The van der Waals surface area contributed by atoms with Gasteiger partial charge in [0.05, 0.1) is 5.01 Å². The maximum atomic E-state index is 11.8. The summed E-state index contributed by atoms with van der Waals surface area (Å²) >= 11 is 1.47. The van der Waals surface area contributed by atoms with E-state index in [2.05, 4.69) is 10.3 Å². The van der Waals surface area contributed by atoms with E-state index in [4.69, 9.17) is 10.5 Å². The number of nitrogens with one attached hydrogen (secondary N) is 1. The minimum absolute atomic E-state index is 0.0853. The number of nitrogens with two attached hydrogens (primary N) is 1. The monoisotopic (exact) mass is 257 g/mol. The molecule has 0 saturated carbocycles. The number of amides is 1. The number of carbonyl (C=O) groups excluding carboxylic acids is 1. The molecule has 0 radical (unpaired) electrons. The van der Waals surface area contributed by atoms with Crippen LogP contribution in [-0.2, 0) is 11.2 Å². The Balaban J connectivity index is 2.45. The number of methoxy groups -OCH3 is 1. The van der Waals surface area contributed by atoms with Crippen molar-refractivity contribution in [2.45, 2.75) is 25.8 Å². The summed E-state index contributed by atoms with van der Waals surface area (Å²) in [6.07, 6.45) is 1.51. The lowest BCUT2D eigenvalue weighted by Gasteiger charge is -2.11. The van der Waals surface area contributed by atoms with Crippen LogP contribution >= 0.6 is 11.3 Å². The highest BCUT2D eigenvalue weighted by molar-refractivity contribution is 7.09. The van der Waals surface area contributed by atoms with E-state index >= 15 is 0 Å². The van der Waals surface area contributed by atoms with Crippen molar-refractivity contribution < 1.29 is 9.53 Å². The lowest BCUT2D eigenvalue weighted by molar-refractivity contribution is 0.0925. The van der Waals surface area contributed by atoms with Gasteiger partial charge >= 0.3 is 0 Å². The molecule has 1 atom stereocenters. The van der Waals surface area contributed by atoms with Crippen molar-refractivity contribution in [3.63, 3.8) is 0 Å². The lowest BCUT2D eigenvalue weighted by Crippen LogP contribution is -2.33. The molecule has 0 aliphatic carbocycles. The molecule has 0 fully saturated rings. The number of ether oxygens (including phenoxy) is 1. The van der Waals surface area contributed by atoms with Crippen LogP contribution in [-0.4, -0.2) is 37.2 Å². The predicted octanol–water partition coefficient (Wildman–Crippen LogP) is 0.799. The van der Waals surface area contributed by atoms with E-state index in [-0.39, 0.29) is 11.9 Å². The standard InChI is InChI=1S/C11H19N3O2S/c1-8(4-6-16-2)13-11(15)9-7-17-10(14-9)3-5-12/h7-8H,3-6,12H2,1-2H3,(H,13,15). The van der Waals surface area contributed by atoms with Gasteiger partial charge in [0, 0.05) is 31.6 Å². The fourth-order valence-corrected chi connectivity index (χ4v) is 2.11. The van der Waals surface area contributed by atoms with Crippen molar-refractivity contribution in [3.05, 3.63) is 16.1 Å². The molecule has 0 aromatic carbocycles. The average Bonchev–Trinajstić information content (AvgIpc) is 2.75. The normalized spacial score (nSPS) is 12.4. The van der Waals surface area contributed by atoms with Gasteiger partial charge in [-0.1, -0.05) is 0 Å². The Morgan fingerprint density at radius 1 is 1.71 bits per heavy atom. The zero-order valence-electron chi connectivity index (χ0n) is 10.2. The Morgan fingerprint density at radius 3 is 3.12 bits per heavy atom. The van der Waals surface area contributed by atoms with Crippen molar-refractivity contribution in [2.24, 2.45) is 5.73 Å². The number of aromatic nitrogens is 1. The van der Waals surface area contributed by atoms with Crippen LogP contribution in [0.5, 0.6) is 0 Å². The first kappa shape index (κ1) is 14.1. The summed E-state index contributed by atoms with van der Waals surface area (Å²) in [5, 5.41) is 5.55. The van der Waals surface area contributed by atoms with E-state index in [9.17, 15) is 4.79 Å². The molecule has 17 heavy (non-hydrogen) atoms. The Bertz CT molecular complexity index is 354. The van der Waals surface area contributed by atoms with Crippen molar-refractivity contribution in [2.75, 3.05) is 20.3 Å². The highest BCUT2D eigenvalue weighted by atomic mass is 32.1. The minimum Gasteiger partial charge on any atom is -0.385 e. The molecule has 96 valence electrons. The molecule has 0 aliphatic rings. The number of thiazole rings is 1. The first-order chi connectivity index (χ1) is 8.17. The van der Waals surface area contributed by atoms with Crippen LogP contribution in [0, 0.1) is 0 Å². The van der Waals surface area contributed by atoms with Gasteiger partial charge in [0.2, 0.25) is 0 Å². The van der Waals surface area contributed by atoms with E-state index in [1.165, 1.54) is 11.3 Å². The summed E-state index contributed by atoms with van der Waals surface area (Å²) in [4.78, 5) is 16.0. The van der Waals surface area contributed by atoms with Crippen molar-refractivity contribution in [1.29, 1.82) is 0 Å². The first-order valence-corrected chi connectivity index (χ1v) is 6.49. The van der Waals surface area contributed by atoms with Gasteiger partial charge in [-0.2, -0.15) is 0 Å².